The number of likely N-dealkylation sites (N-methyl/N-ethyl adjacent to an activating group) is 1. The van der Waals surface area contributed by atoms with Crippen molar-refractivity contribution in [2.45, 2.75) is 38.1 Å². The van der Waals surface area contributed by atoms with E-state index in [1.165, 1.54) is 30.5 Å². The lowest BCUT2D eigenvalue weighted by Gasteiger charge is -2.53. The summed E-state index contributed by atoms with van der Waals surface area (Å²) in [5.74, 6) is 0.718. The van der Waals surface area contributed by atoms with Crippen molar-refractivity contribution in [3.05, 3.63) is 29.3 Å². The van der Waals surface area contributed by atoms with Crippen LogP contribution in [0.2, 0.25) is 0 Å². The summed E-state index contributed by atoms with van der Waals surface area (Å²) in [5, 5.41) is 0. The number of likely N-dealkylation sites (tertiary alicyclic amines) is 1. The first-order valence-corrected chi connectivity index (χ1v) is 6.61. The third-order valence-corrected chi connectivity index (χ3v) is 5.31. The summed E-state index contributed by atoms with van der Waals surface area (Å²) in [6.45, 7) is 6.04. The average Bonchev–Trinajstić information content (AvgIpc) is 2.30. The molecular formula is C15H22N2. The van der Waals surface area contributed by atoms with Crippen LogP contribution in [0.3, 0.4) is 0 Å². The molecule has 0 spiro atoms. The van der Waals surface area contributed by atoms with Crippen LogP contribution in [-0.4, -0.2) is 24.5 Å². The molecule has 3 atom stereocenters. The summed E-state index contributed by atoms with van der Waals surface area (Å²) in [6, 6.07) is 7.20. The molecule has 1 aromatic carbocycles. The summed E-state index contributed by atoms with van der Waals surface area (Å²) in [7, 11) is 2.27. The van der Waals surface area contributed by atoms with Crippen molar-refractivity contribution in [1.82, 2.24) is 4.90 Å². The first-order valence-electron chi connectivity index (χ1n) is 6.61. The van der Waals surface area contributed by atoms with Crippen LogP contribution in [0, 0.1) is 5.92 Å². The molecule has 1 fully saturated rings. The first-order chi connectivity index (χ1) is 8.02. The third kappa shape index (κ3) is 1.43. The summed E-state index contributed by atoms with van der Waals surface area (Å²) in [6.07, 6.45) is 2.43. The molecule has 0 saturated carbocycles. The van der Waals surface area contributed by atoms with Gasteiger partial charge in [-0.1, -0.05) is 19.9 Å². The van der Waals surface area contributed by atoms with E-state index in [0.717, 1.165) is 11.6 Å². The topological polar surface area (TPSA) is 29.3 Å². The van der Waals surface area contributed by atoms with Crippen molar-refractivity contribution in [3.8, 4) is 0 Å². The Bertz CT molecular complexity index is 454. The highest BCUT2D eigenvalue weighted by Crippen LogP contribution is 2.48. The van der Waals surface area contributed by atoms with Gasteiger partial charge in [0.2, 0.25) is 0 Å². The third-order valence-electron chi connectivity index (χ3n) is 5.31. The fourth-order valence-electron chi connectivity index (χ4n) is 3.85. The number of hydrogen-bond acceptors (Lipinski definition) is 2. The van der Waals surface area contributed by atoms with E-state index >= 15 is 0 Å². The van der Waals surface area contributed by atoms with Gasteiger partial charge < -0.3 is 10.6 Å². The highest BCUT2D eigenvalue weighted by Gasteiger charge is 2.47. The number of benzene rings is 1. The predicted octanol–water partition coefficient (Wildman–Crippen LogP) is 2.42. The molecule has 1 aliphatic carbocycles. The molecule has 17 heavy (non-hydrogen) atoms. The Labute approximate surface area is 104 Å². The van der Waals surface area contributed by atoms with Gasteiger partial charge in [0, 0.05) is 11.7 Å². The molecule has 92 valence electrons. The van der Waals surface area contributed by atoms with Gasteiger partial charge in [-0.2, -0.15) is 0 Å². The van der Waals surface area contributed by atoms with Crippen LogP contribution in [0.1, 0.15) is 31.4 Å². The number of rotatable bonds is 0. The van der Waals surface area contributed by atoms with E-state index in [2.05, 4.69) is 37.9 Å². The molecule has 3 unspecified atom stereocenters. The number of hydrogen-bond donors (Lipinski definition) is 1. The maximum Gasteiger partial charge on any atom is 0.0317 e. The molecule has 1 heterocycles. The standard InChI is InChI=1S/C15H22N2/c1-10-14-8-11-4-5-12(16)9-13(11)15(10,2)6-7-17(14)3/h4-5,9-10,14H,6-8,16H2,1-3H3. The van der Waals surface area contributed by atoms with E-state index in [0.29, 0.717) is 11.5 Å². The van der Waals surface area contributed by atoms with Crippen molar-refractivity contribution >= 4 is 5.69 Å². The second-order valence-electron chi connectivity index (χ2n) is 6.12. The van der Waals surface area contributed by atoms with E-state index in [4.69, 9.17) is 5.73 Å². The quantitative estimate of drug-likeness (QED) is 0.694. The largest absolute Gasteiger partial charge is 0.399 e. The van der Waals surface area contributed by atoms with E-state index in [1.54, 1.807) is 0 Å². The Kier molecular flexibility index (Phi) is 2.27. The van der Waals surface area contributed by atoms with E-state index in [1.807, 2.05) is 6.07 Å². The number of anilines is 1. The summed E-state index contributed by atoms with van der Waals surface area (Å²) < 4.78 is 0. The van der Waals surface area contributed by atoms with Gasteiger partial charge in [0.05, 0.1) is 0 Å². The zero-order chi connectivity index (χ0) is 12.2. The van der Waals surface area contributed by atoms with Gasteiger partial charge in [0.1, 0.15) is 0 Å². The van der Waals surface area contributed by atoms with Crippen LogP contribution in [0.4, 0.5) is 5.69 Å². The van der Waals surface area contributed by atoms with Crippen LogP contribution >= 0.6 is 0 Å². The molecule has 3 rings (SSSR count). The lowest BCUT2D eigenvalue weighted by Crippen LogP contribution is -2.56. The van der Waals surface area contributed by atoms with Crippen molar-refractivity contribution in [2.24, 2.45) is 5.92 Å². The minimum atomic E-state index is 0.320. The Morgan fingerprint density at radius 1 is 1.41 bits per heavy atom. The molecule has 2 N–H and O–H groups in total. The van der Waals surface area contributed by atoms with Gasteiger partial charge in [-0.3, -0.25) is 0 Å². The number of nitrogen functional groups attached to an aromatic ring is 1. The summed E-state index contributed by atoms with van der Waals surface area (Å²) >= 11 is 0. The number of nitrogens with zero attached hydrogens (tertiary/aromatic N) is 1. The minimum absolute atomic E-state index is 0.320. The molecule has 2 nitrogen and oxygen atoms in total. The maximum absolute atomic E-state index is 5.97. The Balaban J connectivity index is 2.16. The smallest absolute Gasteiger partial charge is 0.0317 e. The van der Waals surface area contributed by atoms with Crippen LogP contribution in [0.15, 0.2) is 18.2 Å². The van der Waals surface area contributed by atoms with Gasteiger partial charge in [0.15, 0.2) is 0 Å². The van der Waals surface area contributed by atoms with Crippen molar-refractivity contribution in [1.29, 1.82) is 0 Å². The summed E-state index contributed by atoms with van der Waals surface area (Å²) in [5.41, 5.74) is 10.2. The lowest BCUT2D eigenvalue weighted by molar-refractivity contribution is 0.0508. The molecule has 0 radical (unpaired) electrons. The molecule has 1 aliphatic heterocycles. The van der Waals surface area contributed by atoms with Gasteiger partial charge in [-0.05, 0) is 61.0 Å². The Morgan fingerprint density at radius 3 is 2.94 bits per heavy atom. The SMILES string of the molecule is CC1C2Cc3ccc(N)cc3C1(C)CCN2C. The highest BCUT2D eigenvalue weighted by atomic mass is 15.1. The van der Waals surface area contributed by atoms with E-state index in [9.17, 15) is 0 Å². The fraction of sp³-hybridized carbons (Fsp3) is 0.600. The molecule has 2 aliphatic rings. The predicted molar refractivity (Wildman–Crippen MR) is 72.1 cm³/mol. The zero-order valence-electron chi connectivity index (χ0n) is 11.0. The van der Waals surface area contributed by atoms with Gasteiger partial charge in [0.25, 0.3) is 0 Å². The Morgan fingerprint density at radius 2 is 2.18 bits per heavy atom. The van der Waals surface area contributed by atoms with Crippen LogP contribution in [0.25, 0.3) is 0 Å². The van der Waals surface area contributed by atoms with Gasteiger partial charge in [-0.15, -0.1) is 0 Å². The lowest BCUT2D eigenvalue weighted by atomic mass is 9.59. The van der Waals surface area contributed by atoms with Crippen molar-refractivity contribution < 1.29 is 0 Å². The van der Waals surface area contributed by atoms with Crippen LogP contribution < -0.4 is 5.73 Å². The van der Waals surface area contributed by atoms with Crippen molar-refractivity contribution in [3.63, 3.8) is 0 Å². The summed E-state index contributed by atoms with van der Waals surface area (Å²) in [4.78, 5) is 2.53. The Hall–Kier alpha value is -1.02. The second-order valence-corrected chi connectivity index (χ2v) is 6.12. The molecule has 2 heteroatoms. The normalized spacial score (nSPS) is 36.6. The highest BCUT2D eigenvalue weighted by molar-refractivity contribution is 5.50. The van der Waals surface area contributed by atoms with E-state index < -0.39 is 0 Å². The average molecular weight is 230 g/mol. The van der Waals surface area contributed by atoms with Crippen LogP contribution in [0.5, 0.6) is 0 Å². The molecule has 0 aromatic heterocycles. The second kappa shape index (κ2) is 3.49. The number of nitrogens with two attached hydrogens (primary N) is 1. The van der Waals surface area contributed by atoms with Crippen LogP contribution in [-0.2, 0) is 11.8 Å². The number of piperidine rings is 1. The van der Waals surface area contributed by atoms with Gasteiger partial charge >= 0.3 is 0 Å². The molecule has 1 saturated heterocycles. The van der Waals surface area contributed by atoms with Crippen molar-refractivity contribution in [2.75, 3.05) is 19.3 Å². The monoisotopic (exact) mass is 230 g/mol. The van der Waals surface area contributed by atoms with Gasteiger partial charge in [-0.25, -0.2) is 0 Å². The molecular weight excluding hydrogens is 208 g/mol. The number of fused-ring (bicyclic) bond motifs is 4. The molecule has 2 bridgehead atoms. The molecule has 1 aromatic rings. The molecule has 0 amide bonds. The maximum atomic E-state index is 5.97. The van der Waals surface area contributed by atoms with E-state index in [-0.39, 0.29) is 0 Å². The zero-order valence-corrected chi connectivity index (χ0v) is 11.0. The minimum Gasteiger partial charge on any atom is -0.399 e. The first kappa shape index (κ1) is 11.1. The fourth-order valence-corrected chi connectivity index (χ4v) is 3.85.